The first-order valence-corrected chi connectivity index (χ1v) is 11.1. The van der Waals surface area contributed by atoms with Crippen LogP contribution in [0.15, 0.2) is 24.3 Å². The first-order valence-electron chi connectivity index (χ1n) is 11.1. The number of benzene rings is 1. The van der Waals surface area contributed by atoms with Gasteiger partial charge in [0, 0.05) is 38.6 Å². The number of carbonyl (C=O) groups is 2. The van der Waals surface area contributed by atoms with Crippen molar-refractivity contribution in [3.8, 4) is 0 Å². The number of ether oxygens (including phenoxy) is 2. The van der Waals surface area contributed by atoms with E-state index in [1.165, 1.54) is 12.1 Å². The van der Waals surface area contributed by atoms with Crippen LogP contribution in [0.1, 0.15) is 45.2 Å². The summed E-state index contributed by atoms with van der Waals surface area (Å²) in [7, 11) is 0. The maximum absolute atomic E-state index is 13.8. The molecule has 0 radical (unpaired) electrons. The van der Waals surface area contributed by atoms with Crippen molar-refractivity contribution in [1.29, 1.82) is 0 Å². The van der Waals surface area contributed by atoms with Crippen LogP contribution in [0.2, 0.25) is 0 Å². The molecule has 1 aromatic rings. The molecule has 3 rings (SSSR count). The highest BCUT2D eigenvalue weighted by atomic mass is 19.1. The minimum Gasteiger partial charge on any atom is -0.444 e. The predicted octanol–water partition coefficient (Wildman–Crippen LogP) is 2.96. The molecule has 2 aliphatic heterocycles. The van der Waals surface area contributed by atoms with Crippen LogP contribution in [0.5, 0.6) is 0 Å². The van der Waals surface area contributed by atoms with Gasteiger partial charge in [-0.05, 0) is 51.3 Å². The highest BCUT2D eigenvalue weighted by molar-refractivity contribution is 5.79. The average Bonchev–Trinajstić information content (AvgIpc) is 2.73. The van der Waals surface area contributed by atoms with Gasteiger partial charge in [-0.1, -0.05) is 12.1 Å². The van der Waals surface area contributed by atoms with E-state index in [2.05, 4.69) is 10.2 Å². The van der Waals surface area contributed by atoms with Crippen LogP contribution < -0.4 is 5.32 Å². The van der Waals surface area contributed by atoms with Gasteiger partial charge in [0.2, 0.25) is 5.91 Å². The number of nitrogens with zero attached hydrogens (tertiary/aromatic N) is 2. The summed E-state index contributed by atoms with van der Waals surface area (Å²) < 4.78 is 24.7. The molecule has 7 nitrogen and oxygen atoms in total. The van der Waals surface area contributed by atoms with Crippen molar-refractivity contribution in [2.24, 2.45) is 5.92 Å². The monoisotopic (exact) mass is 435 g/mol. The van der Waals surface area contributed by atoms with Gasteiger partial charge in [0.1, 0.15) is 11.4 Å². The van der Waals surface area contributed by atoms with Gasteiger partial charge in [0.25, 0.3) is 0 Å². The Balaban J connectivity index is 1.54. The summed E-state index contributed by atoms with van der Waals surface area (Å²) in [5, 5.41) is 3.07. The number of rotatable bonds is 5. The maximum atomic E-state index is 13.8. The summed E-state index contributed by atoms with van der Waals surface area (Å²) in [6, 6.07) is 6.45. The lowest BCUT2D eigenvalue weighted by molar-refractivity contribution is -0.126. The number of morpholine rings is 1. The molecule has 8 heteroatoms. The van der Waals surface area contributed by atoms with Crippen LogP contribution in [-0.4, -0.2) is 73.3 Å². The number of carbonyl (C=O) groups excluding carboxylic acids is 2. The van der Waals surface area contributed by atoms with Gasteiger partial charge in [0.05, 0.1) is 19.3 Å². The fourth-order valence-corrected chi connectivity index (χ4v) is 4.05. The highest BCUT2D eigenvalue weighted by Crippen LogP contribution is 2.24. The molecular weight excluding hydrogens is 401 g/mol. The number of piperidine rings is 1. The van der Waals surface area contributed by atoms with Crippen molar-refractivity contribution in [2.75, 3.05) is 45.9 Å². The Bertz CT molecular complexity index is 753. The molecule has 31 heavy (non-hydrogen) atoms. The summed E-state index contributed by atoms with van der Waals surface area (Å²) in [4.78, 5) is 28.9. The van der Waals surface area contributed by atoms with Crippen LogP contribution in [0.3, 0.4) is 0 Å². The number of halogens is 1. The number of likely N-dealkylation sites (tertiary alicyclic amines) is 1. The third-order valence-corrected chi connectivity index (χ3v) is 5.71. The molecule has 172 valence electrons. The van der Waals surface area contributed by atoms with Crippen molar-refractivity contribution in [1.82, 2.24) is 15.1 Å². The zero-order valence-corrected chi connectivity index (χ0v) is 18.7. The number of hydrogen-bond acceptors (Lipinski definition) is 5. The first-order chi connectivity index (χ1) is 14.7. The zero-order valence-electron chi connectivity index (χ0n) is 18.7. The van der Waals surface area contributed by atoms with E-state index >= 15 is 0 Å². The lowest BCUT2D eigenvalue weighted by atomic mass is 9.95. The van der Waals surface area contributed by atoms with Crippen LogP contribution >= 0.6 is 0 Å². The summed E-state index contributed by atoms with van der Waals surface area (Å²) in [5.41, 5.74) is 0.318. The summed E-state index contributed by atoms with van der Waals surface area (Å²) >= 11 is 0. The van der Waals surface area contributed by atoms with E-state index in [-0.39, 0.29) is 29.8 Å². The van der Waals surface area contributed by atoms with Crippen LogP contribution in [0.4, 0.5) is 9.18 Å². The van der Waals surface area contributed by atoms with Crippen molar-refractivity contribution in [3.63, 3.8) is 0 Å². The van der Waals surface area contributed by atoms with Gasteiger partial charge < -0.3 is 19.7 Å². The molecule has 1 atom stereocenters. The molecule has 2 heterocycles. The molecule has 1 N–H and O–H groups in total. The molecule has 0 spiro atoms. The Morgan fingerprint density at radius 1 is 1.19 bits per heavy atom. The molecular formula is C23H34FN3O4. The van der Waals surface area contributed by atoms with Gasteiger partial charge >= 0.3 is 6.09 Å². The van der Waals surface area contributed by atoms with Gasteiger partial charge in [-0.2, -0.15) is 0 Å². The van der Waals surface area contributed by atoms with E-state index in [1.54, 1.807) is 11.0 Å². The van der Waals surface area contributed by atoms with Crippen LogP contribution in [0.25, 0.3) is 0 Å². The molecule has 2 saturated heterocycles. The minimum absolute atomic E-state index is 0.0153. The second kappa shape index (κ2) is 10.4. The lowest BCUT2D eigenvalue weighted by Gasteiger charge is -2.36. The Hall–Kier alpha value is -2.19. The number of hydrogen-bond donors (Lipinski definition) is 1. The molecule has 2 aliphatic rings. The molecule has 0 aliphatic carbocycles. The normalized spacial score (nSPS) is 19.7. The van der Waals surface area contributed by atoms with E-state index in [4.69, 9.17) is 9.47 Å². The van der Waals surface area contributed by atoms with Crippen molar-refractivity contribution in [2.45, 2.75) is 45.3 Å². The molecule has 2 amide bonds. The number of nitrogens with one attached hydrogen (secondary N) is 1. The fraction of sp³-hybridized carbons (Fsp3) is 0.652. The Morgan fingerprint density at radius 3 is 2.48 bits per heavy atom. The van der Waals surface area contributed by atoms with Gasteiger partial charge in [-0.25, -0.2) is 9.18 Å². The van der Waals surface area contributed by atoms with Crippen LogP contribution in [0, 0.1) is 11.7 Å². The van der Waals surface area contributed by atoms with Crippen LogP contribution in [-0.2, 0) is 14.3 Å². The summed E-state index contributed by atoms with van der Waals surface area (Å²) in [6.07, 6.45) is 0.880. The molecule has 0 bridgehead atoms. The van der Waals surface area contributed by atoms with Crippen molar-refractivity contribution < 1.29 is 23.5 Å². The lowest BCUT2D eigenvalue weighted by Crippen LogP contribution is -2.47. The van der Waals surface area contributed by atoms with E-state index in [0.29, 0.717) is 45.7 Å². The van der Waals surface area contributed by atoms with E-state index in [0.717, 1.165) is 18.7 Å². The molecule has 1 unspecified atom stereocenters. The summed E-state index contributed by atoms with van der Waals surface area (Å²) in [5.74, 6) is -0.438. The van der Waals surface area contributed by atoms with Crippen molar-refractivity contribution >= 4 is 12.0 Å². The van der Waals surface area contributed by atoms with Crippen molar-refractivity contribution in [3.05, 3.63) is 35.6 Å². The topological polar surface area (TPSA) is 71.1 Å². The Kier molecular flexibility index (Phi) is 7.89. The maximum Gasteiger partial charge on any atom is 0.410 e. The largest absolute Gasteiger partial charge is 0.444 e. The molecule has 2 fully saturated rings. The standard InChI is InChI=1S/C23H34FN3O4/c1-23(2,3)31-22(29)27-9-7-17(8-10-27)21(28)25-16-20(26-11-13-30-14-12-26)18-5-4-6-19(24)15-18/h4-6,15,17,20H,7-14,16H2,1-3H3,(H,25,28). The molecule has 0 aromatic heterocycles. The van der Waals surface area contributed by atoms with E-state index in [9.17, 15) is 14.0 Å². The fourth-order valence-electron chi connectivity index (χ4n) is 4.05. The Morgan fingerprint density at radius 2 is 1.87 bits per heavy atom. The quantitative estimate of drug-likeness (QED) is 0.770. The van der Waals surface area contributed by atoms with E-state index in [1.807, 2.05) is 26.8 Å². The predicted molar refractivity (Wildman–Crippen MR) is 115 cm³/mol. The first kappa shape index (κ1) is 23.5. The number of amides is 2. The average molecular weight is 436 g/mol. The van der Waals surface area contributed by atoms with E-state index < -0.39 is 5.60 Å². The zero-order chi connectivity index (χ0) is 22.4. The highest BCUT2D eigenvalue weighted by Gasteiger charge is 2.31. The second-order valence-electron chi connectivity index (χ2n) is 9.21. The minimum atomic E-state index is -0.531. The van der Waals surface area contributed by atoms with Gasteiger partial charge in [-0.3, -0.25) is 9.69 Å². The molecule has 1 aromatic carbocycles. The molecule has 0 saturated carbocycles. The smallest absolute Gasteiger partial charge is 0.410 e. The SMILES string of the molecule is CC(C)(C)OC(=O)N1CCC(C(=O)NCC(c2cccc(F)c2)N2CCOCC2)CC1. The third kappa shape index (κ3) is 6.90. The summed E-state index contributed by atoms with van der Waals surface area (Å²) in [6.45, 7) is 9.68. The van der Waals surface area contributed by atoms with Gasteiger partial charge in [-0.15, -0.1) is 0 Å². The van der Waals surface area contributed by atoms with Gasteiger partial charge in [0.15, 0.2) is 0 Å². The second-order valence-corrected chi connectivity index (χ2v) is 9.21. The Labute approximate surface area is 183 Å². The third-order valence-electron chi connectivity index (χ3n) is 5.71.